The lowest BCUT2D eigenvalue weighted by atomic mass is 10.1. The topological polar surface area (TPSA) is 68.5 Å². The molecule has 0 saturated carbocycles. The summed E-state index contributed by atoms with van der Waals surface area (Å²) in [4.78, 5) is 18.1. The van der Waals surface area contributed by atoms with Gasteiger partial charge in [-0.05, 0) is 31.2 Å². The standard InChI is InChI=1S/C16H18FN3O2/c1-9-5-14(12-6-10(17)3-4-13(12)19-9)20-8-11(22-2)7-15(20)16(18)21/h3-6,11,15H,7-8H2,1-2H3,(H2,18,21)/t11-,15-/m0/s1. The molecule has 3 rings (SSSR count). The van der Waals surface area contributed by atoms with Crippen molar-refractivity contribution in [3.8, 4) is 0 Å². The SMILES string of the molecule is CO[C@H]1C[C@@H](C(N)=O)N(c2cc(C)nc3ccc(F)cc23)C1. The Kier molecular flexibility index (Phi) is 3.70. The number of nitrogens with zero attached hydrogens (tertiary/aromatic N) is 2. The number of amides is 1. The highest BCUT2D eigenvalue weighted by Gasteiger charge is 2.36. The summed E-state index contributed by atoms with van der Waals surface area (Å²) in [7, 11) is 1.61. The second-order valence-electron chi connectivity index (χ2n) is 5.61. The molecule has 0 bridgehead atoms. The summed E-state index contributed by atoms with van der Waals surface area (Å²) in [6.07, 6.45) is 0.457. The Morgan fingerprint density at radius 3 is 2.91 bits per heavy atom. The molecule has 1 aromatic heterocycles. The lowest BCUT2D eigenvalue weighted by Gasteiger charge is -2.26. The number of anilines is 1. The molecule has 1 aliphatic rings. The fourth-order valence-electron chi connectivity index (χ4n) is 3.05. The molecule has 116 valence electrons. The number of hydrogen-bond donors (Lipinski definition) is 1. The van der Waals surface area contributed by atoms with E-state index in [1.54, 1.807) is 13.2 Å². The molecule has 5 nitrogen and oxygen atoms in total. The molecule has 0 radical (unpaired) electrons. The lowest BCUT2D eigenvalue weighted by Crippen LogP contribution is -2.40. The number of aryl methyl sites for hydroxylation is 1. The van der Waals surface area contributed by atoms with Gasteiger partial charge in [0.1, 0.15) is 11.9 Å². The van der Waals surface area contributed by atoms with Crippen LogP contribution in [0.25, 0.3) is 10.9 Å². The third-order valence-corrected chi connectivity index (χ3v) is 4.11. The molecule has 0 aliphatic carbocycles. The lowest BCUT2D eigenvalue weighted by molar-refractivity contribution is -0.119. The molecule has 1 amide bonds. The van der Waals surface area contributed by atoms with Crippen LogP contribution in [-0.2, 0) is 9.53 Å². The van der Waals surface area contributed by atoms with Crippen molar-refractivity contribution < 1.29 is 13.9 Å². The highest BCUT2D eigenvalue weighted by Crippen LogP contribution is 2.33. The summed E-state index contributed by atoms with van der Waals surface area (Å²) >= 11 is 0. The number of primary amides is 1. The van der Waals surface area contributed by atoms with E-state index in [1.807, 2.05) is 17.9 Å². The number of carbonyl (C=O) groups excluding carboxylic acids is 1. The molecular weight excluding hydrogens is 285 g/mol. The zero-order valence-electron chi connectivity index (χ0n) is 12.5. The Balaban J connectivity index is 2.15. The predicted octanol–water partition coefficient (Wildman–Crippen LogP) is 1.76. The molecule has 1 fully saturated rings. The van der Waals surface area contributed by atoms with Crippen molar-refractivity contribution in [2.75, 3.05) is 18.6 Å². The molecule has 2 heterocycles. The summed E-state index contributed by atoms with van der Waals surface area (Å²) < 4.78 is 19.0. The third-order valence-electron chi connectivity index (χ3n) is 4.11. The van der Waals surface area contributed by atoms with E-state index in [1.165, 1.54) is 12.1 Å². The Morgan fingerprint density at radius 1 is 1.45 bits per heavy atom. The number of ether oxygens (including phenoxy) is 1. The highest BCUT2D eigenvalue weighted by atomic mass is 19.1. The molecular formula is C16H18FN3O2. The van der Waals surface area contributed by atoms with E-state index in [2.05, 4.69) is 4.98 Å². The van der Waals surface area contributed by atoms with Crippen molar-refractivity contribution in [3.63, 3.8) is 0 Å². The number of fused-ring (bicyclic) bond motifs is 1. The number of halogens is 1. The molecule has 2 aromatic rings. The number of pyridine rings is 1. The number of nitrogens with two attached hydrogens (primary N) is 1. The molecule has 1 aromatic carbocycles. The van der Waals surface area contributed by atoms with Crippen LogP contribution in [0.3, 0.4) is 0 Å². The first kappa shape index (κ1) is 14.7. The number of aromatic nitrogens is 1. The van der Waals surface area contributed by atoms with E-state index in [4.69, 9.17) is 10.5 Å². The first-order valence-electron chi connectivity index (χ1n) is 7.15. The van der Waals surface area contributed by atoms with Gasteiger partial charge in [0.15, 0.2) is 0 Å². The maximum Gasteiger partial charge on any atom is 0.240 e. The monoisotopic (exact) mass is 303 g/mol. The summed E-state index contributed by atoms with van der Waals surface area (Å²) in [5, 5.41) is 0.675. The number of carbonyl (C=O) groups is 1. The van der Waals surface area contributed by atoms with Crippen molar-refractivity contribution in [2.45, 2.75) is 25.5 Å². The van der Waals surface area contributed by atoms with Gasteiger partial charge in [-0.25, -0.2) is 4.39 Å². The van der Waals surface area contributed by atoms with Gasteiger partial charge in [-0.2, -0.15) is 0 Å². The van der Waals surface area contributed by atoms with Crippen LogP contribution in [0, 0.1) is 12.7 Å². The van der Waals surface area contributed by atoms with E-state index in [-0.39, 0.29) is 11.9 Å². The average molecular weight is 303 g/mol. The maximum absolute atomic E-state index is 13.6. The van der Waals surface area contributed by atoms with Crippen molar-refractivity contribution >= 4 is 22.5 Å². The van der Waals surface area contributed by atoms with Gasteiger partial charge < -0.3 is 15.4 Å². The van der Waals surface area contributed by atoms with Gasteiger partial charge in [0.2, 0.25) is 5.91 Å². The second kappa shape index (κ2) is 5.53. The summed E-state index contributed by atoms with van der Waals surface area (Å²) in [6.45, 7) is 2.41. The number of hydrogen-bond acceptors (Lipinski definition) is 4. The number of benzene rings is 1. The first-order chi connectivity index (χ1) is 10.5. The first-order valence-corrected chi connectivity index (χ1v) is 7.15. The van der Waals surface area contributed by atoms with Crippen LogP contribution in [-0.4, -0.2) is 36.7 Å². The fraction of sp³-hybridized carbons (Fsp3) is 0.375. The van der Waals surface area contributed by atoms with Gasteiger partial charge >= 0.3 is 0 Å². The molecule has 2 N–H and O–H groups in total. The minimum absolute atomic E-state index is 0.0745. The zero-order valence-corrected chi connectivity index (χ0v) is 12.5. The van der Waals surface area contributed by atoms with Crippen LogP contribution in [0.15, 0.2) is 24.3 Å². The number of methoxy groups -OCH3 is 1. The fourth-order valence-corrected chi connectivity index (χ4v) is 3.05. The van der Waals surface area contributed by atoms with Crippen LogP contribution >= 0.6 is 0 Å². The van der Waals surface area contributed by atoms with Gasteiger partial charge in [0, 0.05) is 36.8 Å². The molecule has 6 heteroatoms. The smallest absolute Gasteiger partial charge is 0.240 e. The normalized spacial score (nSPS) is 21.5. The van der Waals surface area contributed by atoms with Crippen LogP contribution in [0.4, 0.5) is 10.1 Å². The predicted molar refractivity (Wildman–Crippen MR) is 82.2 cm³/mol. The van der Waals surface area contributed by atoms with Crippen LogP contribution in [0.1, 0.15) is 12.1 Å². The van der Waals surface area contributed by atoms with Crippen molar-refractivity contribution in [2.24, 2.45) is 5.73 Å². The van der Waals surface area contributed by atoms with Gasteiger partial charge in [-0.15, -0.1) is 0 Å². The second-order valence-corrected chi connectivity index (χ2v) is 5.61. The van der Waals surface area contributed by atoms with Gasteiger partial charge in [0.05, 0.1) is 11.6 Å². The van der Waals surface area contributed by atoms with Crippen molar-refractivity contribution in [3.05, 3.63) is 35.8 Å². The Morgan fingerprint density at radius 2 is 2.23 bits per heavy atom. The summed E-state index contributed by atoms with van der Waals surface area (Å²) in [6, 6.07) is 5.86. The van der Waals surface area contributed by atoms with Crippen molar-refractivity contribution in [1.82, 2.24) is 4.98 Å². The van der Waals surface area contributed by atoms with Crippen molar-refractivity contribution in [1.29, 1.82) is 0 Å². The highest BCUT2D eigenvalue weighted by molar-refractivity contribution is 5.95. The molecule has 0 spiro atoms. The van der Waals surface area contributed by atoms with E-state index in [0.29, 0.717) is 23.9 Å². The largest absolute Gasteiger partial charge is 0.380 e. The van der Waals surface area contributed by atoms with Gasteiger partial charge in [0.25, 0.3) is 0 Å². The van der Waals surface area contributed by atoms with E-state index in [9.17, 15) is 9.18 Å². The maximum atomic E-state index is 13.6. The Hall–Kier alpha value is -2.21. The molecule has 0 unspecified atom stereocenters. The van der Waals surface area contributed by atoms with Gasteiger partial charge in [-0.3, -0.25) is 9.78 Å². The minimum Gasteiger partial charge on any atom is -0.380 e. The van der Waals surface area contributed by atoms with E-state index >= 15 is 0 Å². The van der Waals surface area contributed by atoms with Crippen LogP contribution in [0.5, 0.6) is 0 Å². The van der Waals surface area contributed by atoms with Crippen LogP contribution in [0.2, 0.25) is 0 Å². The quantitative estimate of drug-likeness (QED) is 0.938. The minimum atomic E-state index is -0.460. The molecule has 1 saturated heterocycles. The van der Waals surface area contributed by atoms with E-state index < -0.39 is 11.9 Å². The zero-order chi connectivity index (χ0) is 15.9. The molecule has 1 aliphatic heterocycles. The Bertz CT molecular complexity index is 735. The van der Waals surface area contributed by atoms with Gasteiger partial charge in [-0.1, -0.05) is 0 Å². The number of rotatable bonds is 3. The third kappa shape index (κ3) is 2.50. The van der Waals surface area contributed by atoms with Crippen LogP contribution < -0.4 is 10.6 Å². The summed E-state index contributed by atoms with van der Waals surface area (Å²) in [5.41, 5.74) is 7.80. The molecule has 2 atom stereocenters. The summed E-state index contributed by atoms with van der Waals surface area (Å²) in [5.74, 6) is -0.740. The van der Waals surface area contributed by atoms with E-state index in [0.717, 1.165) is 11.4 Å². The Labute approximate surface area is 127 Å². The molecule has 22 heavy (non-hydrogen) atoms. The average Bonchev–Trinajstić information content (AvgIpc) is 2.91.